The standard InChI is InChI=1S/C18H20BrNO2/c1-13(21)14-6-2-3-7-15(14)18(12-20-10-11-22-18)16-8-4-5-9-17(16)19/h2-9,13,20-21H,10-12H2,1H3. The molecule has 0 bridgehead atoms. The number of ether oxygens (including phenoxy) is 1. The number of aliphatic hydroxyl groups excluding tert-OH is 1. The Labute approximate surface area is 139 Å². The number of halogens is 1. The molecule has 3 nitrogen and oxygen atoms in total. The van der Waals surface area contributed by atoms with Gasteiger partial charge in [-0.15, -0.1) is 0 Å². The summed E-state index contributed by atoms with van der Waals surface area (Å²) < 4.78 is 7.32. The zero-order valence-electron chi connectivity index (χ0n) is 12.6. The van der Waals surface area contributed by atoms with E-state index >= 15 is 0 Å². The summed E-state index contributed by atoms with van der Waals surface area (Å²) in [6.07, 6.45) is -0.541. The minimum Gasteiger partial charge on any atom is -0.389 e. The average molecular weight is 362 g/mol. The fraction of sp³-hybridized carbons (Fsp3) is 0.333. The monoisotopic (exact) mass is 361 g/mol. The molecule has 2 unspecified atom stereocenters. The Morgan fingerprint density at radius 3 is 2.45 bits per heavy atom. The lowest BCUT2D eigenvalue weighted by molar-refractivity contribution is -0.0424. The molecular formula is C18H20BrNO2. The number of nitrogens with one attached hydrogen (secondary N) is 1. The first-order valence-corrected chi connectivity index (χ1v) is 8.31. The summed E-state index contributed by atoms with van der Waals surface area (Å²) in [6.45, 7) is 3.95. The van der Waals surface area contributed by atoms with Crippen LogP contribution in [0.5, 0.6) is 0 Å². The lowest BCUT2D eigenvalue weighted by atomic mass is 9.81. The van der Waals surface area contributed by atoms with Crippen LogP contribution in [0.1, 0.15) is 29.7 Å². The Morgan fingerprint density at radius 2 is 1.82 bits per heavy atom. The van der Waals surface area contributed by atoms with Gasteiger partial charge in [0.15, 0.2) is 0 Å². The van der Waals surface area contributed by atoms with E-state index in [4.69, 9.17) is 4.74 Å². The van der Waals surface area contributed by atoms with Crippen LogP contribution >= 0.6 is 15.9 Å². The Balaban J connectivity index is 2.22. The predicted octanol–water partition coefficient (Wildman–Crippen LogP) is 3.37. The second-order valence-electron chi connectivity index (χ2n) is 5.60. The van der Waals surface area contributed by atoms with E-state index in [1.165, 1.54) is 0 Å². The molecule has 1 saturated heterocycles. The van der Waals surface area contributed by atoms with Gasteiger partial charge in [-0.2, -0.15) is 0 Å². The van der Waals surface area contributed by atoms with Gasteiger partial charge in [0.1, 0.15) is 5.60 Å². The van der Waals surface area contributed by atoms with E-state index in [1.54, 1.807) is 6.92 Å². The third-order valence-electron chi connectivity index (χ3n) is 4.16. The largest absolute Gasteiger partial charge is 0.389 e. The number of morpholine rings is 1. The van der Waals surface area contributed by atoms with Gasteiger partial charge in [-0.25, -0.2) is 0 Å². The Hall–Kier alpha value is -1.20. The zero-order valence-corrected chi connectivity index (χ0v) is 14.1. The van der Waals surface area contributed by atoms with Gasteiger partial charge in [0, 0.05) is 23.1 Å². The third kappa shape index (κ3) is 2.72. The average Bonchev–Trinajstić information content (AvgIpc) is 2.56. The molecule has 0 amide bonds. The summed E-state index contributed by atoms with van der Waals surface area (Å²) in [7, 11) is 0. The molecular weight excluding hydrogens is 342 g/mol. The van der Waals surface area contributed by atoms with Crippen LogP contribution in [0.4, 0.5) is 0 Å². The fourth-order valence-electron chi connectivity index (χ4n) is 3.12. The SMILES string of the molecule is CC(O)c1ccccc1C1(c2ccccc2Br)CNCCO1. The first-order valence-electron chi connectivity index (χ1n) is 7.52. The van der Waals surface area contributed by atoms with E-state index in [0.29, 0.717) is 13.2 Å². The molecule has 0 aromatic heterocycles. The molecule has 3 rings (SSSR count). The van der Waals surface area contributed by atoms with Crippen molar-refractivity contribution in [3.8, 4) is 0 Å². The Kier molecular flexibility index (Phi) is 4.64. The number of hydrogen-bond acceptors (Lipinski definition) is 3. The maximum absolute atomic E-state index is 10.2. The van der Waals surface area contributed by atoms with E-state index in [0.717, 1.165) is 27.7 Å². The van der Waals surface area contributed by atoms with Gasteiger partial charge in [-0.1, -0.05) is 58.4 Å². The second kappa shape index (κ2) is 6.50. The molecule has 1 heterocycles. The molecule has 4 heteroatoms. The van der Waals surface area contributed by atoms with Crippen molar-refractivity contribution in [1.82, 2.24) is 5.32 Å². The number of rotatable bonds is 3. The Morgan fingerprint density at radius 1 is 1.14 bits per heavy atom. The molecule has 2 N–H and O–H groups in total. The van der Waals surface area contributed by atoms with Crippen molar-refractivity contribution in [2.45, 2.75) is 18.6 Å². The van der Waals surface area contributed by atoms with Crippen LogP contribution in [-0.2, 0) is 10.3 Å². The highest BCUT2D eigenvalue weighted by Crippen LogP contribution is 2.41. The van der Waals surface area contributed by atoms with Gasteiger partial charge < -0.3 is 15.2 Å². The maximum Gasteiger partial charge on any atom is 0.132 e. The molecule has 2 aromatic carbocycles. The molecule has 0 saturated carbocycles. The van der Waals surface area contributed by atoms with Crippen LogP contribution in [0.2, 0.25) is 0 Å². The third-order valence-corrected chi connectivity index (χ3v) is 4.85. The van der Waals surface area contributed by atoms with Crippen molar-refractivity contribution in [3.63, 3.8) is 0 Å². The zero-order chi connectivity index (χ0) is 15.6. The lowest BCUT2D eigenvalue weighted by Crippen LogP contribution is -2.49. The molecule has 116 valence electrons. The summed E-state index contributed by atoms with van der Waals surface area (Å²) in [6, 6.07) is 16.1. The van der Waals surface area contributed by atoms with E-state index in [2.05, 4.69) is 33.4 Å². The van der Waals surface area contributed by atoms with Crippen molar-refractivity contribution in [2.75, 3.05) is 19.7 Å². The maximum atomic E-state index is 10.2. The van der Waals surface area contributed by atoms with Crippen molar-refractivity contribution in [1.29, 1.82) is 0 Å². The molecule has 0 aliphatic carbocycles. The van der Waals surface area contributed by atoms with Crippen LogP contribution in [0.15, 0.2) is 53.0 Å². The van der Waals surface area contributed by atoms with E-state index in [1.807, 2.05) is 36.4 Å². The van der Waals surface area contributed by atoms with Crippen LogP contribution in [0, 0.1) is 0 Å². The van der Waals surface area contributed by atoms with Gasteiger partial charge in [0.2, 0.25) is 0 Å². The molecule has 0 radical (unpaired) electrons. The van der Waals surface area contributed by atoms with E-state index in [-0.39, 0.29) is 0 Å². The summed E-state index contributed by atoms with van der Waals surface area (Å²) in [5.41, 5.74) is 2.41. The number of hydrogen-bond donors (Lipinski definition) is 2. The number of aliphatic hydroxyl groups is 1. The van der Waals surface area contributed by atoms with Crippen LogP contribution in [0.25, 0.3) is 0 Å². The highest BCUT2D eigenvalue weighted by molar-refractivity contribution is 9.10. The van der Waals surface area contributed by atoms with Crippen molar-refractivity contribution >= 4 is 15.9 Å². The van der Waals surface area contributed by atoms with Gasteiger partial charge in [-0.3, -0.25) is 0 Å². The minimum absolute atomic E-state index is 0.541. The summed E-state index contributed by atoms with van der Waals surface area (Å²) in [5, 5.41) is 13.6. The van der Waals surface area contributed by atoms with Gasteiger partial charge >= 0.3 is 0 Å². The molecule has 1 aliphatic rings. The molecule has 0 spiro atoms. The number of benzene rings is 2. The van der Waals surface area contributed by atoms with Crippen LogP contribution < -0.4 is 5.32 Å². The quantitative estimate of drug-likeness (QED) is 0.880. The van der Waals surface area contributed by atoms with Crippen molar-refractivity contribution < 1.29 is 9.84 Å². The van der Waals surface area contributed by atoms with E-state index in [9.17, 15) is 5.11 Å². The van der Waals surface area contributed by atoms with Crippen LogP contribution in [-0.4, -0.2) is 24.8 Å². The molecule has 22 heavy (non-hydrogen) atoms. The van der Waals surface area contributed by atoms with Crippen LogP contribution in [0.3, 0.4) is 0 Å². The normalized spacial score (nSPS) is 23.2. The highest BCUT2D eigenvalue weighted by Gasteiger charge is 2.40. The van der Waals surface area contributed by atoms with Gasteiger partial charge in [0.05, 0.1) is 12.7 Å². The highest BCUT2D eigenvalue weighted by atomic mass is 79.9. The fourth-order valence-corrected chi connectivity index (χ4v) is 3.73. The summed E-state index contributed by atoms with van der Waals surface area (Å²) in [4.78, 5) is 0. The van der Waals surface area contributed by atoms with Gasteiger partial charge in [0.25, 0.3) is 0 Å². The molecule has 1 aliphatic heterocycles. The minimum atomic E-state index is -0.591. The molecule has 2 aromatic rings. The first-order chi connectivity index (χ1) is 10.6. The van der Waals surface area contributed by atoms with Gasteiger partial charge in [-0.05, 0) is 24.1 Å². The van der Waals surface area contributed by atoms with Crippen molar-refractivity contribution in [2.24, 2.45) is 0 Å². The molecule has 1 fully saturated rings. The lowest BCUT2D eigenvalue weighted by Gasteiger charge is -2.40. The first kappa shape index (κ1) is 15.7. The van der Waals surface area contributed by atoms with E-state index < -0.39 is 11.7 Å². The Bertz CT molecular complexity index is 651. The van der Waals surface area contributed by atoms with Crippen molar-refractivity contribution in [3.05, 3.63) is 69.7 Å². The topological polar surface area (TPSA) is 41.5 Å². The smallest absolute Gasteiger partial charge is 0.132 e. The molecule has 2 atom stereocenters. The second-order valence-corrected chi connectivity index (χ2v) is 6.45. The summed E-state index contributed by atoms with van der Waals surface area (Å²) in [5.74, 6) is 0. The summed E-state index contributed by atoms with van der Waals surface area (Å²) >= 11 is 3.66. The predicted molar refractivity (Wildman–Crippen MR) is 90.8 cm³/mol.